The zero-order valence-electron chi connectivity index (χ0n) is 9.75. The lowest BCUT2D eigenvalue weighted by molar-refractivity contribution is 0.415. The van der Waals surface area contributed by atoms with E-state index in [2.05, 4.69) is 11.6 Å². The van der Waals surface area contributed by atoms with Crippen molar-refractivity contribution in [1.82, 2.24) is 0 Å². The number of ether oxygens (including phenoxy) is 1. The molecule has 16 heavy (non-hydrogen) atoms. The second-order valence-electron chi connectivity index (χ2n) is 3.48. The third-order valence-corrected chi connectivity index (χ3v) is 3.26. The van der Waals surface area contributed by atoms with E-state index in [1.165, 1.54) is 18.6 Å². The Kier molecular flexibility index (Phi) is 6.50. The van der Waals surface area contributed by atoms with Gasteiger partial charge in [0.2, 0.25) is 0 Å². The van der Waals surface area contributed by atoms with Gasteiger partial charge in [0.15, 0.2) is 0 Å². The molecule has 0 radical (unpaired) electrons. The van der Waals surface area contributed by atoms with Crippen LogP contribution in [0.2, 0.25) is 5.02 Å². The van der Waals surface area contributed by atoms with E-state index in [0.29, 0.717) is 5.02 Å². The van der Waals surface area contributed by atoms with E-state index < -0.39 is 0 Å². The number of benzene rings is 1. The molecule has 0 aromatic heterocycles. The van der Waals surface area contributed by atoms with Crippen LogP contribution in [0, 0.1) is 0 Å². The second kappa shape index (κ2) is 7.69. The molecule has 4 heteroatoms. The minimum atomic E-state index is 0.649. The molecule has 0 aliphatic rings. The van der Waals surface area contributed by atoms with E-state index in [0.717, 1.165) is 18.0 Å². The summed E-state index contributed by atoms with van der Waals surface area (Å²) in [5.41, 5.74) is 1.06. The predicted octanol–water partition coefficient (Wildman–Crippen LogP) is 3.90. The van der Waals surface area contributed by atoms with Crippen molar-refractivity contribution >= 4 is 29.1 Å². The van der Waals surface area contributed by atoms with Gasteiger partial charge in [0, 0.05) is 18.3 Å². The fourth-order valence-corrected chi connectivity index (χ4v) is 2.06. The first-order valence-corrected chi connectivity index (χ1v) is 7.11. The van der Waals surface area contributed by atoms with Crippen molar-refractivity contribution in [3.63, 3.8) is 0 Å². The Labute approximate surface area is 107 Å². The van der Waals surface area contributed by atoms with Crippen LogP contribution in [0.4, 0.5) is 5.69 Å². The average Bonchev–Trinajstić information content (AvgIpc) is 2.31. The molecule has 0 saturated carbocycles. The molecule has 1 aromatic carbocycles. The first-order valence-electron chi connectivity index (χ1n) is 5.34. The van der Waals surface area contributed by atoms with Crippen LogP contribution in [0.3, 0.4) is 0 Å². The second-order valence-corrected chi connectivity index (χ2v) is 4.87. The Morgan fingerprint density at radius 3 is 2.88 bits per heavy atom. The molecule has 0 fully saturated rings. The van der Waals surface area contributed by atoms with E-state index in [1.807, 2.05) is 30.0 Å². The van der Waals surface area contributed by atoms with E-state index in [1.54, 1.807) is 7.11 Å². The maximum atomic E-state index is 5.94. The monoisotopic (exact) mass is 259 g/mol. The van der Waals surface area contributed by atoms with Gasteiger partial charge in [-0.25, -0.2) is 0 Å². The molecule has 0 amide bonds. The Bertz CT molecular complexity index is 320. The van der Waals surface area contributed by atoms with Crippen molar-refractivity contribution in [3.8, 4) is 5.75 Å². The highest BCUT2D eigenvalue weighted by Gasteiger charge is 2.00. The molecule has 0 aliphatic carbocycles. The van der Waals surface area contributed by atoms with Crippen LogP contribution in [0.1, 0.15) is 12.8 Å². The number of hydrogen-bond donors (Lipinski definition) is 1. The topological polar surface area (TPSA) is 21.3 Å². The van der Waals surface area contributed by atoms with E-state index in [9.17, 15) is 0 Å². The number of unbranched alkanes of at least 4 members (excludes halogenated alkanes) is 1. The van der Waals surface area contributed by atoms with Crippen molar-refractivity contribution < 1.29 is 4.74 Å². The molecule has 0 heterocycles. The zero-order valence-corrected chi connectivity index (χ0v) is 11.3. The third-order valence-electron chi connectivity index (χ3n) is 2.26. The molecule has 1 aromatic rings. The van der Waals surface area contributed by atoms with Gasteiger partial charge in [-0.1, -0.05) is 11.6 Å². The summed E-state index contributed by atoms with van der Waals surface area (Å²) in [4.78, 5) is 0. The zero-order chi connectivity index (χ0) is 11.8. The van der Waals surface area contributed by atoms with Crippen LogP contribution in [-0.4, -0.2) is 25.7 Å². The summed E-state index contributed by atoms with van der Waals surface area (Å²) >= 11 is 7.83. The fourth-order valence-electron chi connectivity index (χ4n) is 1.37. The molecule has 0 aliphatic heterocycles. The molecule has 0 unspecified atom stereocenters. The number of halogens is 1. The molecule has 0 saturated heterocycles. The standard InChI is InChI=1S/C12H18ClNOS/c1-15-12-9-10(5-6-11(12)13)14-7-3-4-8-16-2/h5-6,9,14H,3-4,7-8H2,1-2H3. The van der Waals surface area contributed by atoms with Crippen molar-refractivity contribution in [3.05, 3.63) is 23.2 Å². The van der Waals surface area contributed by atoms with Crippen molar-refractivity contribution in [2.45, 2.75) is 12.8 Å². The van der Waals surface area contributed by atoms with Gasteiger partial charge in [-0.3, -0.25) is 0 Å². The van der Waals surface area contributed by atoms with Crippen molar-refractivity contribution in [1.29, 1.82) is 0 Å². The largest absolute Gasteiger partial charge is 0.495 e. The van der Waals surface area contributed by atoms with E-state index in [4.69, 9.17) is 16.3 Å². The average molecular weight is 260 g/mol. The molecule has 0 spiro atoms. The van der Waals surface area contributed by atoms with E-state index >= 15 is 0 Å². The summed E-state index contributed by atoms with van der Waals surface area (Å²) in [6.45, 7) is 0.991. The number of nitrogens with one attached hydrogen (secondary N) is 1. The van der Waals surface area contributed by atoms with Gasteiger partial charge in [0.1, 0.15) is 5.75 Å². The summed E-state index contributed by atoms with van der Waals surface area (Å²) in [7, 11) is 1.63. The Hall–Kier alpha value is -0.540. The summed E-state index contributed by atoms with van der Waals surface area (Å²) < 4.78 is 5.16. The van der Waals surface area contributed by atoms with Crippen LogP contribution in [0.15, 0.2) is 18.2 Å². The molecule has 1 N–H and O–H groups in total. The maximum Gasteiger partial charge on any atom is 0.139 e. The number of thioether (sulfide) groups is 1. The number of hydrogen-bond acceptors (Lipinski definition) is 3. The Morgan fingerprint density at radius 2 is 2.19 bits per heavy atom. The number of methoxy groups -OCH3 is 1. The molecule has 0 bridgehead atoms. The van der Waals surface area contributed by atoms with Crippen LogP contribution < -0.4 is 10.1 Å². The molecule has 0 atom stereocenters. The molecule has 2 nitrogen and oxygen atoms in total. The highest BCUT2D eigenvalue weighted by atomic mass is 35.5. The van der Waals surface area contributed by atoms with Gasteiger partial charge < -0.3 is 10.1 Å². The van der Waals surface area contributed by atoms with Crippen LogP contribution in [0.5, 0.6) is 5.75 Å². The van der Waals surface area contributed by atoms with Crippen molar-refractivity contribution in [2.24, 2.45) is 0 Å². The van der Waals surface area contributed by atoms with Crippen LogP contribution in [0.25, 0.3) is 0 Å². The maximum absolute atomic E-state index is 5.94. The van der Waals surface area contributed by atoms with Crippen LogP contribution >= 0.6 is 23.4 Å². The molecular formula is C12H18ClNOS. The van der Waals surface area contributed by atoms with Gasteiger partial charge in [-0.2, -0.15) is 11.8 Å². The van der Waals surface area contributed by atoms with Crippen molar-refractivity contribution in [2.75, 3.05) is 31.0 Å². The van der Waals surface area contributed by atoms with Gasteiger partial charge in [-0.05, 0) is 37.0 Å². The highest BCUT2D eigenvalue weighted by Crippen LogP contribution is 2.27. The van der Waals surface area contributed by atoms with Gasteiger partial charge in [0.25, 0.3) is 0 Å². The SMILES string of the molecule is COc1cc(NCCCCSC)ccc1Cl. The lowest BCUT2D eigenvalue weighted by Gasteiger charge is -2.09. The summed E-state index contributed by atoms with van der Waals surface area (Å²) in [5.74, 6) is 1.95. The normalized spacial score (nSPS) is 10.2. The fraction of sp³-hybridized carbons (Fsp3) is 0.500. The Morgan fingerprint density at radius 1 is 1.38 bits per heavy atom. The molecular weight excluding hydrogens is 242 g/mol. The third kappa shape index (κ3) is 4.54. The van der Waals surface area contributed by atoms with Gasteiger partial charge in [0.05, 0.1) is 12.1 Å². The number of rotatable bonds is 7. The minimum Gasteiger partial charge on any atom is -0.495 e. The highest BCUT2D eigenvalue weighted by molar-refractivity contribution is 7.98. The van der Waals surface area contributed by atoms with E-state index in [-0.39, 0.29) is 0 Å². The lowest BCUT2D eigenvalue weighted by atomic mass is 10.2. The van der Waals surface area contributed by atoms with Gasteiger partial charge in [-0.15, -0.1) is 0 Å². The van der Waals surface area contributed by atoms with Crippen LogP contribution in [-0.2, 0) is 0 Å². The summed E-state index contributed by atoms with van der Waals surface area (Å²) in [6, 6.07) is 5.75. The predicted molar refractivity (Wildman–Crippen MR) is 74.1 cm³/mol. The first-order chi connectivity index (χ1) is 7.77. The first kappa shape index (κ1) is 13.5. The summed E-state index contributed by atoms with van der Waals surface area (Å²) in [5, 5.41) is 4.01. The molecule has 1 rings (SSSR count). The lowest BCUT2D eigenvalue weighted by Crippen LogP contribution is -2.02. The van der Waals surface area contributed by atoms with Gasteiger partial charge >= 0.3 is 0 Å². The summed E-state index contributed by atoms with van der Waals surface area (Å²) in [6.07, 6.45) is 4.57. The Balaban J connectivity index is 2.36. The quantitative estimate of drug-likeness (QED) is 0.751. The smallest absolute Gasteiger partial charge is 0.139 e. The molecule has 90 valence electrons. The number of anilines is 1. The minimum absolute atomic E-state index is 0.649.